The minimum Gasteiger partial charge on any atom is -1.00 e. The van der Waals surface area contributed by atoms with Crippen molar-refractivity contribution in [1.82, 2.24) is 9.97 Å². The van der Waals surface area contributed by atoms with Gasteiger partial charge in [-0.3, -0.25) is 9.97 Å². The minimum atomic E-state index is 0. The van der Waals surface area contributed by atoms with E-state index in [0.29, 0.717) is 0 Å². The lowest BCUT2D eigenvalue weighted by molar-refractivity contribution is -0.00100. The van der Waals surface area contributed by atoms with Gasteiger partial charge in [0.1, 0.15) is 0 Å². The lowest BCUT2D eigenvalue weighted by atomic mass is 10.5. The second kappa shape index (κ2) is 11.9. The number of rotatable bonds is 0. The van der Waals surface area contributed by atoms with Crippen LogP contribution < -0.4 is 24.8 Å². The maximum absolute atomic E-state index is 3.78. The summed E-state index contributed by atoms with van der Waals surface area (Å²) in [6.45, 7) is 0. The van der Waals surface area contributed by atoms with E-state index in [0.717, 1.165) is 0 Å². The third kappa shape index (κ3) is 8.97. The molecule has 0 saturated heterocycles. The van der Waals surface area contributed by atoms with Gasteiger partial charge in [-0.25, -0.2) is 0 Å². The molecule has 0 atom stereocenters. The zero-order chi connectivity index (χ0) is 8.49. The Labute approximate surface area is 96.2 Å². The van der Waals surface area contributed by atoms with Gasteiger partial charge in [-0.15, -0.1) is 0 Å². The molecule has 0 saturated carbocycles. The van der Waals surface area contributed by atoms with Gasteiger partial charge in [0.05, 0.1) is 0 Å². The Morgan fingerprint density at radius 3 is 0.786 bits per heavy atom. The van der Waals surface area contributed by atoms with Crippen molar-refractivity contribution in [2.45, 2.75) is 0 Å². The van der Waals surface area contributed by atoms with Crippen LogP contribution in [0.4, 0.5) is 0 Å². The number of hydrogen-bond donors (Lipinski definition) is 0. The summed E-state index contributed by atoms with van der Waals surface area (Å²) in [5, 5.41) is 0. The van der Waals surface area contributed by atoms with E-state index < -0.39 is 0 Å². The molecular formula is C10H10Cl2N2-2. The molecular weight excluding hydrogens is 219 g/mol. The van der Waals surface area contributed by atoms with Gasteiger partial charge in [0.2, 0.25) is 0 Å². The normalized spacial score (nSPS) is 6.86. The van der Waals surface area contributed by atoms with E-state index in [9.17, 15) is 0 Å². The molecule has 0 N–H and O–H groups in total. The van der Waals surface area contributed by atoms with Crippen LogP contribution in [0.1, 0.15) is 0 Å². The Balaban J connectivity index is 0. The van der Waals surface area contributed by atoms with E-state index in [4.69, 9.17) is 0 Å². The third-order valence-corrected chi connectivity index (χ3v) is 1.13. The molecule has 0 radical (unpaired) electrons. The Morgan fingerprint density at radius 1 is 0.429 bits per heavy atom. The summed E-state index contributed by atoms with van der Waals surface area (Å²) in [6.07, 6.45) is 7.00. The standard InChI is InChI=1S/2C5H5N.2ClH/c2*1-2-4-6-5-3-1;;/h2*1-5H;2*1H/p-2. The summed E-state index contributed by atoms with van der Waals surface area (Å²) in [5.41, 5.74) is 0. The Hall–Kier alpha value is -1.12. The molecule has 14 heavy (non-hydrogen) atoms. The summed E-state index contributed by atoms with van der Waals surface area (Å²) in [5.74, 6) is 0. The predicted octanol–water partition coefficient (Wildman–Crippen LogP) is -3.83. The van der Waals surface area contributed by atoms with Crippen molar-refractivity contribution in [2.75, 3.05) is 0 Å². The van der Waals surface area contributed by atoms with E-state index >= 15 is 0 Å². The summed E-state index contributed by atoms with van der Waals surface area (Å²) >= 11 is 0. The van der Waals surface area contributed by atoms with Crippen LogP contribution in [0.2, 0.25) is 0 Å². The van der Waals surface area contributed by atoms with Gasteiger partial charge in [-0.05, 0) is 24.3 Å². The van der Waals surface area contributed by atoms with Gasteiger partial charge in [0.15, 0.2) is 0 Å². The predicted molar refractivity (Wildman–Crippen MR) is 48.5 cm³/mol. The number of aromatic nitrogens is 2. The molecule has 0 amide bonds. The van der Waals surface area contributed by atoms with Crippen LogP contribution in [0.3, 0.4) is 0 Å². The topological polar surface area (TPSA) is 25.8 Å². The zero-order valence-electron chi connectivity index (χ0n) is 7.42. The lowest BCUT2D eigenvalue weighted by Crippen LogP contribution is -3.00. The van der Waals surface area contributed by atoms with Gasteiger partial charge >= 0.3 is 0 Å². The molecule has 0 aromatic carbocycles. The van der Waals surface area contributed by atoms with Gasteiger partial charge < -0.3 is 24.8 Å². The fourth-order valence-electron chi connectivity index (χ4n) is 0.625. The largest absolute Gasteiger partial charge is 1.00 e. The molecule has 76 valence electrons. The van der Waals surface area contributed by atoms with Crippen LogP contribution in [0.5, 0.6) is 0 Å². The van der Waals surface area contributed by atoms with Crippen LogP contribution in [-0.2, 0) is 0 Å². The van der Waals surface area contributed by atoms with Crippen LogP contribution in [-0.4, -0.2) is 9.97 Å². The van der Waals surface area contributed by atoms with Crippen LogP contribution in [0.15, 0.2) is 61.2 Å². The molecule has 2 nitrogen and oxygen atoms in total. The number of nitrogens with zero attached hydrogens (tertiary/aromatic N) is 2. The highest BCUT2D eigenvalue weighted by Crippen LogP contribution is 1.74. The smallest absolute Gasteiger partial charge is 0.0267 e. The van der Waals surface area contributed by atoms with E-state index in [1.165, 1.54) is 0 Å². The second-order valence-corrected chi connectivity index (χ2v) is 2.05. The van der Waals surface area contributed by atoms with Crippen molar-refractivity contribution in [3.8, 4) is 0 Å². The molecule has 2 rings (SSSR count). The average molecular weight is 229 g/mol. The zero-order valence-corrected chi connectivity index (χ0v) is 8.94. The van der Waals surface area contributed by atoms with Crippen LogP contribution >= 0.6 is 0 Å². The quantitative estimate of drug-likeness (QED) is 0.462. The van der Waals surface area contributed by atoms with Crippen molar-refractivity contribution in [1.29, 1.82) is 0 Å². The van der Waals surface area contributed by atoms with Crippen LogP contribution in [0, 0.1) is 0 Å². The molecule has 0 fully saturated rings. The first kappa shape index (κ1) is 15.4. The molecule has 0 aliphatic rings. The summed E-state index contributed by atoms with van der Waals surface area (Å²) in [7, 11) is 0. The van der Waals surface area contributed by atoms with E-state index in [2.05, 4.69) is 9.97 Å². The number of pyridine rings is 2. The minimum absolute atomic E-state index is 0. The highest BCUT2D eigenvalue weighted by Gasteiger charge is 1.59. The van der Waals surface area contributed by atoms with Gasteiger partial charge in [0.25, 0.3) is 0 Å². The van der Waals surface area contributed by atoms with E-state index in [1.807, 2.05) is 36.4 Å². The lowest BCUT2D eigenvalue weighted by Gasteiger charge is -1.70. The highest BCUT2D eigenvalue weighted by atomic mass is 35.5. The number of hydrogen-bond acceptors (Lipinski definition) is 2. The molecule has 0 unspecified atom stereocenters. The number of halogens is 2. The van der Waals surface area contributed by atoms with Crippen molar-refractivity contribution in [3.63, 3.8) is 0 Å². The molecule has 0 spiro atoms. The molecule has 2 heterocycles. The fourth-order valence-corrected chi connectivity index (χ4v) is 0.625. The van der Waals surface area contributed by atoms with E-state index in [1.54, 1.807) is 24.8 Å². The highest BCUT2D eigenvalue weighted by molar-refractivity contribution is 4.88. The first-order chi connectivity index (χ1) is 6.00. The van der Waals surface area contributed by atoms with Gasteiger partial charge in [-0.1, -0.05) is 12.1 Å². The van der Waals surface area contributed by atoms with Crippen molar-refractivity contribution in [3.05, 3.63) is 61.2 Å². The van der Waals surface area contributed by atoms with Crippen molar-refractivity contribution in [2.24, 2.45) is 0 Å². The molecule has 2 aromatic rings. The Kier molecular flexibility index (Phi) is 13.0. The Bertz CT molecular complexity index is 192. The maximum Gasteiger partial charge on any atom is 0.0267 e. The maximum atomic E-state index is 3.78. The molecule has 2 aromatic heterocycles. The summed E-state index contributed by atoms with van der Waals surface area (Å²) < 4.78 is 0. The molecule has 0 aliphatic carbocycles. The van der Waals surface area contributed by atoms with Crippen LogP contribution in [0.25, 0.3) is 0 Å². The second-order valence-electron chi connectivity index (χ2n) is 2.05. The molecule has 0 aliphatic heterocycles. The van der Waals surface area contributed by atoms with Crippen molar-refractivity contribution < 1.29 is 24.8 Å². The van der Waals surface area contributed by atoms with Gasteiger partial charge in [-0.2, -0.15) is 0 Å². The third-order valence-electron chi connectivity index (χ3n) is 1.13. The monoisotopic (exact) mass is 228 g/mol. The van der Waals surface area contributed by atoms with Gasteiger partial charge in [0, 0.05) is 24.8 Å². The average Bonchev–Trinajstić information content (AvgIpc) is 2.24. The first-order valence-electron chi connectivity index (χ1n) is 3.70. The summed E-state index contributed by atoms with van der Waals surface area (Å²) in [6, 6.07) is 11.4. The summed E-state index contributed by atoms with van der Waals surface area (Å²) in [4.78, 5) is 7.57. The Morgan fingerprint density at radius 2 is 0.714 bits per heavy atom. The fraction of sp³-hybridized carbons (Fsp3) is 0. The first-order valence-corrected chi connectivity index (χ1v) is 3.70. The molecule has 4 heteroatoms. The van der Waals surface area contributed by atoms with Crippen molar-refractivity contribution >= 4 is 0 Å². The molecule has 0 bridgehead atoms. The SMILES string of the molecule is [Cl-].[Cl-].c1ccncc1.c1ccncc1. The van der Waals surface area contributed by atoms with E-state index in [-0.39, 0.29) is 24.8 Å².